The Kier molecular flexibility index (Phi) is 5.01. The molecule has 0 aromatic heterocycles. The van der Waals surface area contributed by atoms with Crippen LogP contribution in [-0.4, -0.2) is 50.2 Å². The Morgan fingerprint density at radius 2 is 2.00 bits per heavy atom. The number of Topliss-reactive ketones (excluding diaryl/α,β-unsaturated/α-hetero) is 1. The van der Waals surface area contributed by atoms with E-state index >= 15 is 0 Å². The fraction of sp³-hybridized carbons (Fsp3) is 0.929. The monoisotopic (exact) mass is 287 g/mol. The number of nitrogens with zero attached hydrogens (tertiary/aromatic N) is 1. The first-order valence-electron chi connectivity index (χ1n) is 7.42. The number of rotatable bonds is 5. The summed E-state index contributed by atoms with van der Waals surface area (Å²) in [6, 6.07) is 0.378. The minimum atomic E-state index is -2.87. The third-order valence-electron chi connectivity index (χ3n) is 4.44. The maximum atomic E-state index is 11.9. The normalized spacial score (nSPS) is 29.8. The SMILES string of the molecule is CS(=O)(=O)CCCN1CCCCC1C1CCCC1=O. The second-order valence-electron chi connectivity index (χ2n) is 6.05. The van der Waals surface area contributed by atoms with Crippen LogP contribution in [0.15, 0.2) is 0 Å². The first kappa shape index (κ1) is 15.0. The number of hydrogen-bond donors (Lipinski definition) is 0. The summed E-state index contributed by atoms with van der Waals surface area (Å²) in [4.78, 5) is 14.3. The van der Waals surface area contributed by atoms with Crippen LogP contribution >= 0.6 is 0 Å². The summed E-state index contributed by atoms with van der Waals surface area (Å²) >= 11 is 0. The molecule has 2 rings (SSSR count). The van der Waals surface area contributed by atoms with Crippen LogP contribution in [0.1, 0.15) is 44.9 Å². The van der Waals surface area contributed by atoms with E-state index in [9.17, 15) is 13.2 Å². The standard InChI is InChI=1S/C14H25NO3S/c1-19(17,18)11-5-10-15-9-3-2-7-13(15)12-6-4-8-14(12)16/h12-13H,2-11H2,1H3. The average Bonchev–Trinajstić information content (AvgIpc) is 2.74. The molecule has 0 amide bonds. The zero-order chi connectivity index (χ0) is 13.9. The molecule has 1 saturated heterocycles. The number of hydrogen-bond acceptors (Lipinski definition) is 4. The maximum absolute atomic E-state index is 11.9. The van der Waals surface area contributed by atoms with Crippen LogP contribution in [0.4, 0.5) is 0 Å². The molecule has 2 aliphatic rings. The largest absolute Gasteiger partial charge is 0.300 e. The number of likely N-dealkylation sites (tertiary alicyclic amines) is 1. The number of carbonyl (C=O) groups is 1. The molecule has 0 N–H and O–H groups in total. The Balaban J connectivity index is 1.90. The molecule has 4 nitrogen and oxygen atoms in total. The van der Waals surface area contributed by atoms with E-state index in [0.29, 0.717) is 18.2 Å². The molecule has 110 valence electrons. The highest BCUT2D eigenvalue weighted by Crippen LogP contribution is 2.32. The van der Waals surface area contributed by atoms with Crippen molar-refractivity contribution in [1.29, 1.82) is 0 Å². The maximum Gasteiger partial charge on any atom is 0.147 e. The Hall–Kier alpha value is -0.420. The Morgan fingerprint density at radius 1 is 1.21 bits per heavy atom. The first-order chi connectivity index (χ1) is 8.97. The van der Waals surface area contributed by atoms with Crippen LogP contribution in [0, 0.1) is 5.92 Å². The molecule has 1 heterocycles. The second-order valence-corrected chi connectivity index (χ2v) is 8.31. The van der Waals surface area contributed by atoms with E-state index in [1.165, 1.54) is 19.1 Å². The van der Waals surface area contributed by atoms with E-state index < -0.39 is 9.84 Å². The summed E-state index contributed by atoms with van der Waals surface area (Å²) in [5.74, 6) is 0.910. The minimum absolute atomic E-state index is 0.221. The van der Waals surface area contributed by atoms with Gasteiger partial charge in [0.25, 0.3) is 0 Å². The van der Waals surface area contributed by atoms with E-state index in [2.05, 4.69) is 4.90 Å². The Labute approximate surface area is 116 Å². The quantitative estimate of drug-likeness (QED) is 0.771. The fourth-order valence-electron chi connectivity index (χ4n) is 3.53. The van der Waals surface area contributed by atoms with Gasteiger partial charge in [0, 0.05) is 24.6 Å². The second kappa shape index (κ2) is 6.35. The van der Waals surface area contributed by atoms with Crippen molar-refractivity contribution in [2.45, 2.75) is 51.0 Å². The van der Waals surface area contributed by atoms with Crippen molar-refractivity contribution in [2.24, 2.45) is 5.92 Å². The van der Waals surface area contributed by atoms with Gasteiger partial charge in [0.1, 0.15) is 15.6 Å². The Morgan fingerprint density at radius 3 is 2.63 bits per heavy atom. The first-order valence-corrected chi connectivity index (χ1v) is 9.48. The molecule has 19 heavy (non-hydrogen) atoms. The lowest BCUT2D eigenvalue weighted by atomic mass is 9.88. The lowest BCUT2D eigenvalue weighted by Crippen LogP contribution is -2.46. The van der Waals surface area contributed by atoms with Crippen molar-refractivity contribution in [2.75, 3.05) is 25.1 Å². The number of sulfone groups is 1. The molecule has 2 unspecified atom stereocenters. The van der Waals surface area contributed by atoms with Gasteiger partial charge in [-0.1, -0.05) is 6.42 Å². The molecule has 1 saturated carbocycles. The molecular weight excluding hydrogens is 262 g/mol. The lowest BCUT2D eigenvalue weighted by Gasteiger charge is -2.38. The number of piperidine rings is 1. The highest BCUT2D eigenvalue weighted by molar-refractivity contribution is 7.90. The molecule has 0 radical (unpaired) electrons. The fourth-order valence-corrected chi connectivity index (χ4v) is 4.18. The molecule has 2 atom stereocenters. The summed E-state index contributed by atoms with van der Waals surface area (Å²) in [6.07, 6.45) is 8.29. The van der Waals surface area contributed by atoms with Gasteiger partial charge in [-0.25, -0.2) is 8.42 Å². The number of ketones is 1. The van der Waals surface area contributed by atoms with Crippen LogP contribution in [0.25, 0.3) is 0 Å². The van der Waals surface area contributed by atoms with Crippen LogP contribution in [0.2, 0.25) is 0 Å². The Bertz CT molecular complexity index is 418. The minimum Gasteiger partial charge on any atom is -0.300 e. The molecule has 1 aliphatic heterocycles. The van der Waals surface area contributed by atoms with Crippen LogP contribution in [0.5, 0.6) is 0 Å². The van der Waals surface area contributed by atoms with E-state index in [1.807, 2.05) is 0 Å². The molecule has 0 aromatic rings. The zero-order valence-corrected chi connectivity index (χ0v) is 12.6. The van der Waals surface area contributed by atoms with Crippen molar-refractivity contribution >= 4 is 15.6 Å². The molecular formula is C14H25NO3S. The van der Waals surface area contributed by atoms with Gasteiger partial charge in [-0.15, -0.1) is 0 Å². The summed E-state index contributed by atoms with van der Waals surface area (Å²) in [5, 5.41) is 0. The van der Waals surface area contributed by atoms with Crippen molar-refractivity contribution in [3.05, 3.63) is 0 Å². The number of carbonyl (C=O) groups excluding carboxylic acids is 1. The third-order valence-corrected chi connectivity index (χ3v) is 5.47. The summed E-state index contributed by atoms with van der Waals surface area (Å²) in [7, 11) is -2.87. The van der Waals surface area contributed by atoms with Gasteiger partial charge in [-0.05, 0) is 45.2 Å². The van der Waals surface area contributed by atoms with Gasteiger partial charge in [-0.3, -0.25) is 9.69 Å². The highest BCUT2D eigenvalue weighted by Gasteiger charge is 2.36. The zero-order valence-electron chi connectivity index (χ0n) is 11.8. The summed E-state index contributed by atoms with van der Waals surface area (Å²) in [5.41, 5.74) is 0. The van der Waals surface area contributed by atoms with Crippen LogP contribution in [0.3, 0.4) is 0 Å². The van der Waals surface area contributed by atoms with Crippen LogP contribution in [-0.2, 0) is 14.6 Å². The summed E-state index contributed by atoms with van der Waals surface area (Å²) < 4.78 is 22.4. The molecule has 0 spiro atoms. The summed E-state index contributed by atoms with van der Waals surface area (Å²) in [6.45, 7) is 1.85. The van der Waals surface area contributed by atoms with Gasteiger partial charge in [0.05, 0.1) is 5.75 Å². The average molecular weight is 287 g/mol. The molecule has 0 aromatic carbocycles. The molecule has 1 aliphatic carbocycles. The molecule has 2 fully saturated rings. The van der Waals surface area contributed by atoms with Gasteiger partial charge in [-0.2, -0.15) is 0 Å². The van der Waals surface area contributed by atoms with Crippen molar-refractivity contribution in [3.8, 4) is 0 Å². The van der Waals surface area contributed by atoms with Gasteiger partial charge < -0.3 is 0 Å². The van der Waals surface area contributed by atoms with Crippen molar-refractivity contribution < 1.29 is 13.2 Å². The highest BCUT2D eigenvalue weighted by atomic mass is 32.2. The lowest BCUT2D eigenvalue weighted by molar-refractivity contribution is -0.123. The van der Waals surface area contributed by atoms with Gasteiger partial charge in [0.15, 0.2) is 0 Å². The van der Waals surface area contributed by atoms with E-state index in [4.69, 9.17) is 0 Å². The van der Waals surface area contributed by atoms with Gasteiger partial charge >= 0.3 is 0 Å². The van der Waals surface area contributed by atoms with E-state index in [-0.39, 0.29) is 11.7 Å². The van der Waals surface area contributed by atoms with Gasteiger partial charge in [0.2, 0.25) is 0 Å². The topological polar surface area (TPSA) is 54.5 Å². The van der Waals surface area contributed by atoms with Crippen molar-refractivity contribution in [3.63, 3.8) is 0 Å². The molecule has 0 bridgehead atoms. The predicted octanol–water partition coefficient (Wildman–Crippen LogP) is 1.64. The van der Waals surface area contributed by atoms with Crippen molar-refractivity contribution in [1.82, 2.24) is 4.90 Å². The molecule has 5 heteroatoms. The van der Waals surface area contributed by atoms with E-state index in [1.54, 1.807) is 0 Å². The van der Waals surface area contributed by atoms with Crippen LogP contribution < -0.4 is 0 Å². The third kappa shape index (κ3) is 4.28. The smallest absolute Gasteiger partial charge is 0.147 e. The predicted molar refractivity (Wildman–Crippen MR) is 75.9 cm³/mol. The van der Waals surface area contributed by atoms with E-state index in [0.717, 1.165) is 38.8 Å².